The van der Waals surface area contributed by atoms with Crippen molar-refractivity contribution in [2.75, 3.05) is 5.73 Å². The number of nitrogens with one attached hydrogen (secondary N) is 2. The smallest absolute Gasteiger partial charge is 0.220 e. The molecular formula is C48H50BrN5P2+2. The fourth-order valence-electron chi connectivity index (χ4n) is 7.58. The van der Waals surface area contributed by atoms with Gasteiger partial charge in [0.2, 0.25) is 16.8 Å². The van der Waals surface area contributed by atoms with Gasteiger partial charge in [0, 0.05) is 6.42 Å². The number of imidazole rings is 2. The van der Waals surface area contributed by atoms with E-state index in [1.165, 1.54) is 54.1 Å². The second kappa shape index (κ2) is 17.8. The Hall–Kier alpha value is -5.12. The van der Waals surface area contributed by atoms with Crippen LogP contribution in [-0.2, 0) is 6.42 Å². The predicted octanol–water partition coefficient (Wildman–Crippen LogP) is 8.01. The number of hydrogen-bond acceptors (Lipinski definition) is 3. The zero-order valence-corrected chi connectivity index (χ0v) is 36.1. The number of nitrogens with zero attached hydrogens (tertiary/aromatic N) is 2. The second-order valence-corrected chi connectivity index (χ2v) is 20.5. The summed E-state index contributed by atoms with van der Waals surface area (Å²) in [7, 11) is -4.26. The molecule has 4 N–H and O–H groups in total. The van der Waals surface area contributed by atoms with Crippen LogP contribution in [0.2, 0.25) is 0 Å². The lowest BCUT2D eigenvalue weighted by atomic mass is 10.2. The number of aromatic amines is 2. The maximum absolute atomic E-state index is 6.09. The molecule has 0 saturated carbocycles. The highest BCUT2D eigenvalue weighted by atomic mass is 79.9. The largest absolute Gasteiger partial charge is 0.369 e. The molecule has 8 heteroatoms. The first-order chi connectivity index (χ1) is 26.8. The summed E-state index contributed by atoms with van der Waals surface area (Å²) in [6.45, 7) is 10.6. The molecule has 0 aliphatic rings. The molecule has 6 aromatic carbocycles. The lowest BCUT2D eigenvalue weighted by Crippen LogP contribution is -2.40. The number of benzene rings is 6. The lowest BCUT2D eigenvalue weighted by Gasteiger charge is -2.26. The van der Waals surface area contributed by atoms with Crippen molar-refractivity contribution in [1.29, 1.82) is 0 Å². The van der Waals surface area contributed by atoms with Gasteiger partial charge >= 0.3 is 0 Å². The van der Waals surface area contributed by atoms with Crippen LogP contribution in [0.25, 0.3) is 0 Å². The van der Waals surface area contributed by atoms with Gasteiger partial charge in [0.1, 0.15) is 37.7 Å². The number of halogens is 1. The van der Waals surface area contributed by atoms with Crippen LogP contribution in [0.15, 0.2) is 170 Å². The molecule has 0 aliphatic carbocycles. The van der Waals surface area contributed by atoms with Crippen LogP contribution in [0, 0.1) is 27.7 Å². The molecule has 0 fully saturated rings. The monoisotopic (exact) mass is 837 g/mol. The average molecular weight is 839 g/mol. The molecule has 0 bridgehead atoms. The number of aryl methyl sites for hydroxylation is 5. The van der Waals surface area contributed by atoms with Crippen LogP contribution in [0.5, 0.6) is 0 Å². The number of rotatable bonds is 9. The maximum Gasteiger partial charge on any atom is 0.220 e. The van der Waals surface area contributed by atoms with Crippen LogP contribution in [0.4, 0.5) is 5.95 Å². The Labute approximate surface area is 343 Å². The minimum atomic E-state index is -2.16. The van der Waals surface area contributed by atoms with E-state index in [-0.39, 0.29) is 17.0 Å². The highest BCUT2D eigenvalue weighted by Crippen LogP contribution is 2.55. The highest BCUT2D eigenvalue weighted by Gasteiger charge is 2.52. The van der Waals surface area contributed by atoms with E-state index in [9.17, 15) is 0 Å². The van der Waals surface area contributed by atoms with Crippen LogP contribution in [0.3, 0.4) is 0 Å². The summed E-state index contributed by atoms with van der Waals surface area (Å²) >= 11 is 0. The Balaban J connectivity index is 0.000000187. The first-order valence-corrected chi connectivity index (χ1v) is 22.4. The van der Waals surface area contributed by atoms with Gasteiger partial charge in [0.05, 0.1) is 11.4 Å². The van der Waals surface area contributed by atoms with Crippen molar-refractivity contribution in [3.05, 3.63) is 198 Å². The first kappa shape index (κ1) is 40.5. The Bertz CT molecular complexity index is 2370. The molecule has 0 aliphatic heterocycles. The molecule has 2 heterocycles. The summed E-state index contributed by atoms with van der Waals surface area (Å²) in [5.41, 5.74) is 13.0. The third kappa shape index (κ3) is 7.67. The number of aromatic nitrogens is 4. The third-order valence-corrected chi connectivity index (χ3v) is 18.8. The molecule has 0 amide bonds. The number of H-pyrrole nitrogens is 2. The average Bonchev–Trinajstić information content (AvgIpc) is 3.78. The maximum atomic E-state index is 6.09. The summed E-state index contributed by atoms with van der Waals surface area (Å²) in [5, 5.41) is 7.83. The summed E-state index contributed by atoms with van der Waals surface area (Å²) in [6.07, 6.45) is 0.901. The van der Waals surface area contributed by atoms with Gasteiger partial charge in [-0.05, 0) is 100 Å². The summed E-state index contributed by atoms with van der Waals surface area (Å²) in [4.78, 5) is 16.7. The lowest BCUT2D eigenvalue weighted by molar-refractivity contribution is 0.984. The van der Waals surface area contributed by atoms with Gasteiger partial charge in [0.15, 0.2) is 14.5 Å². The SMILES string of the molecule is Br.CCc1nc([P+](c2ccccc2)(c2ccccc2)c2ccc(C)cc2)c(C)[nH]1.Cc1ccc([P+](c2ccccc2)(c2ccccc2)c2nc(N)[nH]c2C)cc1. The molecule has 8 rings (SSSR count). The van der Waals surface area contributed by atoms with E-state index in [2.05, 4.69) is 214 Å². The number of nitrogen functional groups attached to an aromatic ring is 1. The highest BCUT2D eigenvalue weighted by molar-refractivity contribution is 8.93. The van der Waals surface area contributed by atoms with Crippen LogP contribution >= 0.6 is 31.5 Å². The molecule has 0 spiro atoms. The fraction of sp³-hybridized carbons (Fsp3) is 0.125. The van der Waals surface area contributed by atoms with Gasteiger partial charge in [-0.3, -0.25) is 0 Å². The van der Waals surface area contributed by atoms with E-state index in [0.717, 1.165) is 23.4 Å². The molecule has 5 nitrogen and oxygen atoms in total. The Kier molecular flexibility index (Phi) is 12.9. The molecule has 0 unspecified atom stereocenters. The normalized spacial score (nSPS) is 11.3. The zero-order valence-electron chi connectivity index (χ0n) is 32.6. The van der Waals surface area contributed by atoms with Gasteiger partial charge in [-0.25, -0.2) is 0 Å². The molecule has 2 aromatic heterocycles. The quantitative estimate of drug-likeness (QED) is 0.129. The van der Waals surface area contributed by atoms with Crippen molar-refractivity contribution < 1.29 is 0 Å². The standard InChI is InChI=1S/C25H26N2P.C23H23N3P.BrH/c1-4-24-26-20(3)25(27-24)28(21-11-7-5-8-12-21,22-13-9-6-10-14-22)23-17-15-19(2)16-18-23;1-17-13-15-21(16-14-17)27(19-9-5-3-6-10-19,20-11-7-4-8-12-20)22-18(2)25-23(24)26-22;/h5-18H,4H2,1-3H3,(H,26,27);3-16H,1-2H3,(H3,24,25,26);1H/q2*+1;. The van der Waals surface area contributed by atoms with Gasteiger partial charge in [0.25, 0.3) is 0 Å². The Morgan fingerprint density at radius 1 is 0.429 bits per heavy atom. The van der Waals surface area contributed by atoms with E-state index < -0.39 is 14.5 Å². The van der Waals surface area contributed by atoms with Gasteiger partial charge in [-0.2, -0.15) is 9.97 Å². The molecule has 0 atom stereocenters. The molecule has 0 radical (unpaired) electrons. The Morgan fingerprint density at radius 2 is 0.732 bits per heavy atom. The van der Waals surface area contributed by atoms with Crippen LogP contribution < -0.4 is 48.4 Å². The van der Waals surface area contributed by atoms with E-state index in [1.807, 2.05) is 0 Å². The predicted molar refractivity (Wildman–Crippen MR) is 250 cm³/mol. The Morgan fingerprint density at radius 3 is 1.02 bits per heavy atom. The summed E-state index contributed by atoms with van der Waals surface area (Å²) in [5.74, 6) is 1.52. The van der Waals surface area contributed by atoms with Gasteiger partial charge in [-0.1, -0.05) is 115 Å². The molecule has 282 valence electrons. The number of anilines is 1. The van der Waals surface area contributed by atoms with E-state index >= 15 is 0 Å². The van der Waals surface area contributed by atoms with Gasteiger partial charge < -0.3 is 15.7 Å². The van der Waals surface area contributed by atoms with Crippen molar-refractivity contribution in [1.82, 2.24) is 19.9 Å². The topological polar surface area (TPSA) is 83.4 Å². The number of hydrogen-bond donors (Lipinski definition) is 3. The van der Waals surface area contributed by atoms with Crippen molar-refractivity contribution in [2.45, 2.75) is 41.0 Å². The van der Waals surface area contributed by atoms with Crippen molar-refractivity contribution >= 4 is 80.2 Å². The van der Waals surface area contributed by atoms with Crippen molar-refractivity contribution in [2.24, 2.45) is 0 Å². The first-order valence-electron chi connectivity index (χ1n) is 18.8. The second-order valence-electron chi connectivity index (χ2n) is 13.9. The fourth-order valence-corrected chi connectivity index (χ4v) is 16.2. The molecule has 0 saturated heterocycles. The van der Waals surface area contributed by atoms with Crippen molar-refractivity contribution in [3.8, 4) is 0 Å². The minimum absolute atomic E-state index is 0. The zero-order chi connectivity index (χ0) is 38.4. The van der Waals surface area contributed by atoms with E-state index in [0.29, 0.717) is 5.95 Å². The summed E-state index contributed by atoms with van der Waals surface area (Å²) in [6, 6.07) is 61.1. The van der Waals surface area contributed by atoms with E-state index in [4.69, 9.17) is 15.7 Å². The number of nitrogens with two attached hydrogens (primary N) is 1. The summed E-state index contributed by atoms with van der Waals surface area (Å²) < 4.78 is 0. The molecular weight excluding hydrogens is 788 g/mol. The van der Waals surface area contributed by atoms with Crippen LogP contribution in [0.1, 0.15) is 35.3 Å². The van der Waals surface area contributed by atoms with Crippen LogP contribution in [-0.4, -0.2) is 19.9 Å². The molecule has 8 aromatic rings. The van der Waals surface area contributed by atoms with Crippen molar-refractivity contribution in [3.63, 3.8) is 0 Å². The molecule has 56 heavy (non-hydrogen) atoms. The minimum Gasteiger partial charge on any atom is -0.369 e. The van der Waals surface area contributed by atoms with E-state index in [1.54, 1.807) is 0 Å². The third-order valence-electron chi connectivity index (χ3n) is 10.2. The van der Waals surface area contributed by atoms with Gasteiger partial charge in [-0.15, -0.1) is 17.0 Å².